The summed E-state index contributed by atoms with van der Waals surface area (Å²) in [6.07, 6.45) is 28.1. The molecule has 2 atom stereocenters. The summed E-state index contributed by atoms with van der Waals surface area (Å²) in [5.74, 6) is -2.26. The Morgan fingerprint density at radius 3 is 1.07 bits per heavy atom. The number of allylic oxidation sites excluding steroid dienone is 8. The number of aliphatic hydroxyl groups is 2. The third kappa shape index (κ3) is 34.8. The summed E-state index contributed by atoms with van der Waals surface area (Å²) >= 11 is 0. The summed E-state index contributed by atoms with van der Waals surface area (Å²) in [5, 5.41) is 54.4. The van der Waals surface area contributed by atoms with Crippen molar-refractivity contribution in [3.05, 3.63) is 95.7 Å². The Bertz CT molecular complexity index is 1890. The number of esters is 4. The first-order chi connectivity index (χ1) is 35.2. The van der Waals surface area contributed by atoms with Gasteiger partial charge in [-0.05, 0) is 118 Å². The number of carbonyl (C=O) groups is 4. The molecule has 0 aromatic carbocycles. The molecule has 0 aromatic heterocycles. The molecular weight excluding hydrogens is 933 g/mol. The second kappa shape index (κ2) is 46.0. The topological polar surface area (TPSA) is 254 Å². The van der Waals surface area contributed by atoms with Crippen LogP contribution in [0.25, 0.3) is 0 Å². The lowest BCUT2D eigenvalue weighted by Crippen LogP contribution is -2.24. The van der Waals surface area contributed by atoms with E-state index in [0.717, 1.165) is 84.0 Å². The van der Waals surface area contributed by atoms with E-state index in [4.69, 9.17) is 39.7 Å². The molecule has 0 saturated heterocycles. The molecule has 0 aromatic rings. The van der Waals surface area contributed by atoms with Crippen LogP contribution in [0.2, 0.25) is 0 Å². The monoisotopic (exact) mass is 1010 g/mol. The highest BCUT2D eigenvalue weighted by molar-refractivity contribution is 5.94. The van der Waals surface area contributed by atoms with E-state index in [-0.39, 0.29) is 48.7 Å². The lowest BCUT2D eigenvalue weighted by Gasteiger charge is -2.22. The number of aliphatic hydroxyl groups excluding tert-OH is 2. The van der Waals surface area contributed by atoms with Gasteiger partial charge in [-0.3, -0.25) is 0 Å². The summed E-state index contributed by atoms with van der Waals surface area (Å²) < 4.78 is 20.5. The number of unbranched alkanes of at least 4 members (excludes halogenated alkanes) is 2. The summed E-state index contributed by atoms with van der Waals surface area (Å²) in [6, 6.07) is 7.32. The molecule has 0 amide bonds. The fraction of sp³-hybridized carbons (Fsp3) is 0.564. The molecule has 2 N–H and O–H groups in total. The van der Waals surface area contributed by atoms with Gasteiger partial charge in [-0.25, -0.2) is 19.2 Å². The minimum Gasteiger partial charge on any atom is -0.461 e. The van der Waals surface area contributed by atoms with Gasteiger partial charge in [0.15, 0.2) is 0 Å². The van der Waals surface area contributed by atoms with E-state index >= 15 is 0 Å². The van der Waals surface area contributed by atoms with Gasteiger partial charge in [0.1, 0.15) is 59.8 Å². The van der Waals surface area contributed by atoms with Crippen molar-refractivity contribution in [2.75, 3.05) is 93.0 Å². The molecule has 0 saturated carbocycles. The molecule has 402 valence electrons. The van der Waals surface area contributed by atoms with Crippen LogP contribution in [0.1, 0.15) is 99.3 Å². The van der Waals surface area contributed by atoms with Gasteiger partial charge >= 0.3 is 23.9 Å². The molecule has 0 aliphatic carbocycles. The molecule has 73 heavy (non-hydrogen) atoms. The van der Waals surface area contributed by atoms with E-state index < -0.39 is 23.9 Å². The maximum atomic E-state index is 12.4. The molecule has 0 bridgehead atoms. The van der Waals surface area contributed by atoms with Crippen LogP contribution in [0.4, 0.5) is 0 Å². The van der Waals surface area contributed by atoms with Crippen LogP contribution in [0.3, 0.4) is 0 Å². The van der Waals surface area contributed by atoms with E-state index in [1.165, 1.54) is 36.5 Å². The lowest BCUT2D eigenvalue weighted by atomic mass is 10.0. The Balaban J connectivity index is 0. The van der Waals surface area contributed by atoms with Crippen LogP contribution in [-0.2, 0) is 38.1 Å². The number of rotatable bonds is 37. The molecule has 0 rings (SSSR count). The van der Waals surface area contributed by atoms with Crippen molar-refractivity contribution in [3.63, 3.8) is 0 Å². The second-order valence-electron chi connectivity index (χ2n) is 16.5. The number of likely N-dealkylation sites (N-methyl/N-ethyl adjacent to an activating group) is 2. The molecule has 0 fully saturated rings. The molecule has 0 heterocycles. The highest BCUT2D eigenvalue weighted by atomic mass is 16.6. The number of hydrogen-bond donors (Lipinski definition) is 2. The zero-order valence-electron chi connectivity index (χ0n) is 44.7. The largest absolute Gasteiger partial charge is 0.461 e. The molecule has 18 nitrogen and oxygen atoms in total. The Labute approximate surface area is 435 Å². The van der Waals surface area contributed by atoms with Crippen LogP contribution >= 0.6 is 0 Å². The molecule has 18 heteroatoms. The second-order valence-corrected chi connectivity index (χ2v) is 16.5. The van der Waals surface area contributed by atoms with E-state index in [1.807, 2.05) is 38.4 Å². The fourth-order valence-electron chi connectivity index (χ4n) is 6.08. The minimum absolute atomic E-state index is 0.00436. The predicted octanol–water partition coefficient (Wildman–Crippen LogP) is 7.32. The average Bonchev–Trinajstić information content (AvgIpc) is 3.39. The highest BCUT2D eigenvalue weighted by Gasteiger charge is 2.16. The number of hydrogen-bond acceptors (Lipinski definition) is 18. The van der Waals surface area contributed by atoms with Gasteiger partial charge in [0.05, 0.1) is 26.4 Å². The smallest absolute Gasteiger partial charge is 0.349 e. The van der Waals surface area contributed by atoms with Crippen molar-refractivity contribution in [1.29, 1.82) is 21.0 Å². The van der Waals surface area contributed by atoms with E-state index in [1.54, 1.807) is 60.6 Å². The molecule has 2 unspecified atom stereocenters. The first-order valence-electron chi connectivity index (χ1n) is 25.2. The molecule has 0 spiro atoms. The van der Waals surface area contributed by atoms with Gasteiger partial charge in [0.2, 0.25) is 0 Å². The van der Waals surface area contributed by atoms with Crippen molar-refractivity contribution in [3.8, 4) is 24.3 Å². The molecule has 0 aliphatic heterocycles. The number of ether oxygens (including phenoxy) is 4. The number of nitrogens with zero attached hydrogens (tertiary/aromatic N) is 8. The SMILES string of the molecule is CCCCC(CC)COC(=O)/C(C#N)=C/C=C/N(CC)CCCN(/C=C/C=C(\C#N)C(=O)OCC(CC)CCCC)CC.CN(/C=C/C=C(\C#N)C(=O)OCCOC(=O)/C(C#N)=C/C=C/N(C)CCO)CCO. The Kier molecular flexibility index (Phi) is 42.8. The maximum Gasteiger partial charge on any atom is 0.349 e. The standard InChI is InChI=1S/C35H56N4O4.C20H26N4O6/c1-7-13-18-30(9-3)28-42-34(40)32(26-36)20-15-22-38(11-5)24-17-25-39(12-6)23-16-21-33(27-37)35(41)43-29-31(10-4)19-14-8-2;1-23(9-11-25)7-3-5-17(15-21)19(27)29-13-14-30-20(28)18(16-22)6-4-8-24(2)10-12-26/h15-16,20-23,30-31H,7-14,17-19,24-25,28-29H2,1-6H3;3-8,25-26H,9-14H2,1-2H3/b22-15+,23-16+,32-20+,33-21+;7-3+,8-4+,17-5+,18-6+. The van der Waals surface area contributed by atoms with Crippen LogP contribution in [0.15, 0.2) is 95.7 Å². The van der Waals surface area contributed by atoms with Crippen molar-refractivity contribution >= 4 is 23.9 Å². The average molecular weight is 1020 g/mol. The third-order valence-corrected chi connectivity index (χ3v) is 10.8. The third-order valence-electron chi connectivity index (χ3n) is 10.8. The van der Waals surface area contributed by atoms with Gasteiger partial charge in [0.25, 0.3) is 0 Å². The summed E-state index contributed by atoms with van der Waals surface area (Å²) in [4.78, 5) is 55.9. The number of carbonyl (C=O) groups excluding carboxylic acids is 4. The van der Waals surface area contributed by atoms with Crippen molar-refractivity contribution in [2.24, 2.45) is 11.8 Å². The lowest BCUT2D eigenvalue weighted by molar-refractivity contribution is -0.146. The van der Waals surface area contributed by atoms with Gasteiger partial charge < -0.3 is 48.8 Å². The highest BCUT2D eigenvalue weighted by Crippen LogP contribution is 2.15. The van der Waals surface area contributed by atoms with Crippen molar-refractivity contribution < 1.29 is 48.3 Å². The van der Waals surface area contributed by atoms with Gasteiger partial charge in [0, 0.05) is 53.4 Å². The summed E-state index contributed by atoms with van der Waals surface area (Å²) in [5.41, 5.74) is -0.500. The van der Waals surface area contributed by atoms with E-state index in [2.05, 4.69) is 37.5 Å². The van der Waals surface area contributed by atoms with Crippen molar-refractivity contribution in [2.45, 2.75) is 99.3 Å². The Morgan fingerprint density at radius 2 is 0.795 bits per heavy atom. The Hall–Kier alpha value is -7.12. The maximum absolute atomic E-state index is 12.4. The zero-order chi connectivity index (χ0) is 55.1. The van der Waals surface area contributed by atoms with Crippen LogP contribution < -0.4 is 0 Å². The van der Waals surface area contributed by atoms with Crippen LogP contribution in [0, 0.1) is 57.2 Å². The molecule has 0 radical (unpaired) electrons. The molecule has 0 aliphatic rings. The van der Waals surface area contributed by atoms with Crippen LogP contribution in [-0.4, -0.2) is 147 Å². The fourth-order valence-corrected chi connectivity index (χ4v) is 6.08. The van der Waals surface area contributed by atoms with Gasteiger partial charge in [-0.1, -0.05) is 66.2 Å². The quantitative estimate of drug-likeness (QED) is 0.0154. The first kappa shape index (κ1) is 68.0. The predicted molar refractivity (Wildman–Crippen MR) is 280 cm³/mol. The molecular formula is C55H82N8O10. The van der Waals surface area contributed by atoms with Gasteiger partial charge in [-0.2, -0.15) is 21.0 Å². The van der Waals surface area contributed by atoms with E-state index in [9.17, 15) is 29.7 Å². The van der Waals surface area contributed by atoms with Crippen LogP contribution in [0.5, 0.6) is 0 Å². The van der Waals surface area contributed by atoms with Gasteiger partial charge in [-0.15, -0.1) is 0 Å². The number of nitriles is 4. The normalized spacial score (nSPS) is 12.7. The van der Waals surface area contributed by atoms with E-state index in [0.29, 0.717) is 38.1 Å². The summed E-state index contributed by atoms with van der Waals surface area (Å²) in [6.45, 7) is 16.5. The first-order valence-corrected chi connectivity index (χ1v) is 25.2. The zero-order valence-corrected chi connectivity index (χ0v) is 44.7. The Morgan fingerprint density at radius 1 is 0.479 bits per heavy atom. The summed E-state index contributed by atoms with van der Waals surface area (Å²) in [7, 11) is 3.43. The van der Waals surface area contributed by atoms with Crippen molar-refractivity contribution in [1.82, 2.24) is 19.6 Å². The minimum atomic E-state index is -0.881.